The molecule has 0 bridgehead atoms. The van der Waals surface area contributed by atoms with E-state index >= 15 is 0 Å². The fourth-order valence-corrected chi connectivity index (χ4v) is 2.15. The SMILES string of the molecule is [O-][NH+]1C=Cc2ccccc2C1[CH2][Al]. The molecule has 2 unspecified atom stereocenters. The van der Waals surface area contributed by atoms with Gasteiger partial charge in [0.25, 0.3) is 0 Å². The molecule has 2 atom stereocenters. The van der Waals surface area contributed by atoms with Gasteiger partial charge in [-0.05, 0) is 11.6 Å². The first-order valence-electron chi connectivity index (χ1n) is 4.34. The Labute approximate surface area is 85.9 Å². The van der Waals surface area contributed by atoms with Crippen LogP contribution in [0.2, 0.25) is 5.28 Å². The molecule has 64 valence electrons. The molecule has 2 nitrogen and oxygen atoms in total. The van der Waals surface area contributed by atoms with Crippen LogP contribution < -0.4 is 5.06 Å². The highest BCUT2D eigenvalue weighted by Crippen LogP contribution is 2.21. The molecule has 0 spiro atoms. The second-order valence-corrected chi connectivity index (χ2v) is 3.62. The monoisotopic (exact) mass is 187 g/mol. The van der Waals surface area contributed by atoms with Gasteiger partial charge in [-0.15, -0.1) is 0 Å². The Balaban J connectivity index is 2.47. The van der Waals surface area contributed by atoms with Crippen LogP contribution in [0.5, 0.6) is 0 Å². The molecule has 0 saturated heterocycles. The molecule has 13 heavy (non-hydrogen) atoms. The number of quaternary nitrogens is 1. The zero-order valence-corrected chi connectivity index (χ0v) is 8.39. The Morgan fingerprint density at radius 3 is 2.92 bits per heavy atom. The molecule has 0 aromatic heterocycles. The van der Waals surface area contributed by atoms with Crippen LogP contribution in [0.15, 0.2) is 30.5 Å². The fourth-order valence-electron chi connectivity index (χ4n) is 1.66. The van der Waals surface area contributed by atoms with Crippen molar-refractivity contribution in [1.29, 1.82) is 0 Å². The van der Waals surface area contributed by atoms with Gasteiger partial charge < -0.3 is 10.3 Å². The molecule has 3 heteroatoms. The van der Waals surface area contributed by atoms with Gasteiger partial charge in [-0.2, -0.15) is 0 Å². The Bertz CT molecular complexity index is 337. The van der Waals surface area contributed by atoms with Gasteiger partial charge >= 0.3 is 0 Å². The standard InChI is InChI=1S/C10H10NO.Al/c1-8-10-5-3-2-4-9(10)6-7-11(8)12;/h2-8,11H,1H2;. The van der Waals surface area contributed by atoms with Crippen molar-refractivity contribution in [3.8, 4) is 0 Å². The molecular formula is C10H10AlNO. The highest BCUT2D eigenvalue weighted by atomic mass is 27.0. The molecule has 1 N–H and O–H groups in total. The summed E-state index contributed by atoms with van der Waals surface area (Å²) in [4.78, 5) is 0. The van der Waals surface area contributed by atoms with Crippen molar-refractivity contribution in [2.45, 2.75) is 11.3 Å². The zero-order valence-electron chi connectivity index (χ0n) is 7.23. The van der Waals surface area contributed by atoms with Crippen LogP contribution in [0.4, 0.5) is 0 Å². The first-order chi connectivity index (χ1) is 6.33. The lowest BCUT2D eigenvalue weighted by atomic mass is 9.99. The van der Waals surface area contributed by atoms with Crippen molar-refractivity contribution in [2.24, 2.45) is 0 Å². The van der Waals surface area contributed by atoms with E-state index in [9.17, 15) is 5.21 Å². The summed E-state index contributed by atoms with van der Waals surface area (Å²) in [5.74, 6) is 0. The lowest BCUT2D eigenvalue weighted by Crippen LogP contribution is -3.03. The maximum atomic E-state index is 11.5. The van der Waals surface area contributed by atoms with E-state index in [-0.39, 0.29) is 11.1 Å². The van der Waals surface area contributed by atoms with Gasteiger partial charge in [0.05, 0.1) is 6.20 Å². The van der Waals surface area contributed by atoms with Gasteiger partial charge in [-0.25, -0.2) is 0 Å². The third kappa shape index (κ3) is 1.57. The Kier molecular flexibility index (Phi) is 2.52. The fraction of sp³-hybridized carbons (Fsp3) is 0.200. The van der Waals surface area contributed by atoms with Gasteiger partial charge in [-0.1, -0.05) is 29.5 Å². The van der Waals surface area contributed by atoms with Gasteiger partial charge in [-0.3, -0.25) is 0 Å². The van der Waals surface area contributed by atoms with E-state index in [2.05, 4.69) is 16.3 Å². The summed E-state index contributed by atoms with van der Waals surface area (Å²) < 4.78 is 0. The van der Waals surface area contributed by atoms with Crippen LogP contribution >= 0.6 is 0 Å². The van der Waals surface area contributed by atoms with Crippen LogP contribution in [-0.2, 0) is 0 Å². The Hall–Kier alpha value is -0.588. The second-order valence-electron chi connectivity index (χ2n) is 3.15. The molecule has 0 aliphatic carbocycles. The number of hydrogen-bond donors (Lipinski definition) is 1. The van der Waals surface area contributed by atoms with Gasteiger partial charge in [0.1, 0.15) is 22.3 Å². The van der Waals surface area contributed by atoms with Gasteiger partial charge in [0.2, 0.25) is 0 Å². The highest BCUT2D eigenvalue weighted by molar-refractivity contribution is 6.08. The summed E-state index contributed by atoms with van der Waals surface area (Å²) in [6, 6.07) is 8.11. The molecule has 1 heterocycles. The average molecular weight is 187 g/mol. The van der Waals surface area contributed by atoms with Crippen molar-refractivity contribution in [3.05, 3.63) is 46.8 Å². The van der Waals surface area contributed by atoms with Crippen LogP contribution in [0.3, 0.4) is 0 Å². The minimum absolute atomic E-state index is 0.0474. The van der Waals surface area contributed by atoms with Crippen LogP contribution in [0.1, 0.15) is 17.2 Å². The molecule has 1 aromatic rings. The van der Waals surface area contributed by atoms with E-state index < -0.39 is 0 Å². The van der Waals surface area contributed by atoms with Crippen LogP contribution in [0, 0.1) is 5.21 Å². The quantitative estimate of drug-likeness (QED) is 0.508. The third-order valence-corrected chi connectivity index (χ3v) is 2.85. The maximum Gasteiger partial charge on any atom is 0.128 e. The van der Waals surface area contributed by atoms with Crippen molar-refractivity contribution in [2.75, 3.05) is 0 Å². The zero-order chi connectivity index (χ0) is 9.26. The smallest absolute Gasteiger partial charge is 0.128 e. The molecule has 1 aliphatic heterocycles. The van der Waals surface area contributed by atoms with Crippen molar-refractivity contribution < 1.29 is 5.06 Å². The molecule has 1 aromatic carbocycles. The van der Waals surface area contributed by atoms with Crippen LogP contribution in [0.25, 0.3) is 6.08 Å². The number of benzene rings is 1. The van der Waals surface area contributed by atoms with E-state index in [4.69, 9.17) is 0 Å². The third-order valence-electron chi connectivity index (χ3n) is 2.38. The normalized spacial score (nSPS) is 25.6. The first-order valence-corrected chi connectivity index (χ1v) is 5.15. The highest BCUT2D eigenvalue weighted by Gasteiger charge is 2.19. The lowest BCUT2D eigenvalue weighted by Gasteiger charge is -2.32. The second kappa shape index (κ2) is 3.65. The molecule has 1 aliphatic rings. The molecule has 2 radical (unpaired) electrons. The first kappa shape index (κ1) is 8.99. The van der Waals surface area contributed by atoms with E-state index in [1.807, 2.05) is 30.3 Å². The van der Waals surface area contributed by atoms with E-state index in [0.29, 0.717) is 0 Å². The average Bonchev–Trinajstić information content (AvgIpc) is 2.18. The number of hydrogen-bond acceptors (Lipinski definition) is 1. The summed E-state index contributed by atoms with van der Waals surface area (Å²) in [5, 5.41) is 12.5. The summed E-state index contributed by atoms with van der Waals surface area (Å²) in [5.41, 5.74) is 2.33. The predicted octanol–water partition coefficient (Wildman–Crippen LogP) is 0.681. The number of fused-ring (bicyclic) bond motifs is 1. The lowest BCUT2D eigenvalue weighted by molar-refractivity contribution is -0.825. The molecule has 2 rings (SSSR count). The molecule has 0 saturated carbocycles. The minimum Gasteiger partial charge on any atom is -0.629 e. The minimum atomic E-state index is 0.0474. The number of hydroxylamine groups is 2. The van der Waals surface area contributed by atoms with Crippen molar-refractivity contribution in [3.63, 3.8) is 0 Å². The van der Waals surface area contributed by atoms with Gasteiger partial charge in [0.15, 0.2) is 0 Å². The van der Waals surface area contributed by atoms with E-state index in [1.165, 1.54) is 5.56 Å². The number of nitrogens with one attached hydrogen (secondary N) is 1. The largest absolute Gasteiger partial charge is 0.629 e. The summed E-state index contributed by atoms with van der Waals surface area (Å²) >= 11 is 2.64. The molecule has 0 fully saturated rings. The Morgan fingerprint density at radius 1 is 1.38 bits per heavy atom. The summed E-state index contributed by atoms with van der Waals surface area (Å²) in [6.45, 7) is 0. The molecular weight excluding hydrogens is 177 g/mol. The Morgan fingerprint density at radius 2 is 2.15 bits per heavy atom. The predicted molar refractivity (Wildman–Crippen MR) is 53.1 cm³/mol. The topological polar surface area (TPSA) is 27.5 Å². The molecule has 0 amide bonds. The maximum absolute atomic E-state index is 11.5. The summed E-state index contributed by atoms with van der Waals surface area (Å²) in [6.07, 6.45) is 3.57. The van der Waals surface area contributed by atoms with Crippen molar-refractivity contribution >= 4 is 22.4 Å². The van der Waals surface area contributed by atoms with Crippen LogP contribution in [-0.4, -0.2) is 16.3 Å². The summed E-state index contributed by atoms with van der Waals surface area (Å²) in [7, 11) is 0. The van der Waals surface area contributed by atoms with E-state index in [1.54, 1.807) is 6.20 Å². The van der Waals surface area contributed by atoms with Crippen molar-refractivity contribution in [1.82, 2.24) is 0 Å². The van der Waals surface area contributed by atoms with Gasteiger partial charge in [0, 0.05) is 5.56 Å². The number of rotatable bonds is 1. The van der Waals surface area contributed by atoms with E-state index in [0.717, 1.165) is 10.8 Å².